The molecule has 136 valence electrons. The first kappa shape index (κ1) is 22.7. The molecule has 0 aliphatic rings. The summed E-state index contributed by atoms with van der Waals surface area (Å²) in [6.45, 7) is 17.9. The van der Waals surface area contributed by atoms with Crippen LogP contribution in [0.4, 0.5) is 0 Å². The maximum atomic E-state index is 10.1. The molecule has 0 unspecified atom stereocenters. The van der Waals surface area contributed by atoms with Gasteiger partial charge >= 0.3 is 0 Å². The molecule has 0 spiro atoms. The third-order valence-corrected chi connectivity index (χ3v) is 3.47. The Morgan fingerprint density at radius 1 is 0.920 bits per heavy atom. The Labute approximate surface area is 154 Å². The van der Waals surface area contributed by atoms with Crippen molar-refractivity contribution in [2.75, 3.05) is 0 Å². The number of phenols is 1. The van der Waals surface area contributed by atoms with Gasteiger partial charge in [0.05, 0.1) is 0 Å². The summed E-state index contributed by atoms with van der Waals surface area (Å²) in [6.07, 6.45) is 6.67. The zero-order chi connectivity index (χ0) is 19.2. The monoisotopic (exact) mass is 338 g/mol. The molecule has 25 heavy (non-hydrogen) atoms. The largest absolute Gasteiger partial charge is 0.507 e. The van der Waals surface area contributed by atoms with Crippen molar-refractivity contribution in [2.24, 2.45) is 0 Å². The summed E-state index contributed by atoms with van der Waals surface area (Å²) in [4.78, 5) is 0. The third kappa shape index (κ3) is 7.43. The molecule has 2 aromatic rings. The Morgan fingerprint density at radius 2 is 1.52 bits per heavy atom. The fraction of sp³-hybridized carbons (Fsp3) is 0.333. The highest BCUT2D eigenvalue weighted by atomic mass is 16.3. The first-order valence-electron chi connectivity index (χ1n) is 9.20. The van der Waals surface area contributed by atoms with Gasteiger partial charge in [-0.05, 0) is 54.2 Å². The zero-order valence-corrected chi connectivity index (χ0v) is 16.6. The lowest BCUT2D eigenvalue weighted by Crippen LogP contribution is -1.90. The van der Waals surface area contributed by atoms with E-state index in [9.17, 15) is 5.11 Å². The molecule has 0 amide bonds. The summed E-state index contributed by atoms with van der Waals surface area (Å²) < 4.78 is 0. The van der Waals surface area contributed by atoms with Crippen molar-refractivity contribution in [3.05, 3.63) is 78.4 Å². The van der Waals surface area contributed by atoms with Gasteiger partial charge in [-0.3, -0.25) is 0 Å². The maximum absolute atomic E-state index is 10.1. The molecule has 2 aromatic carbocycles. The summed E-state index contributed by atoms with van der Waals surface area (Å²) in [5.74, 6) is 0.311. The molecule has 0 heterocycles. The molecule has 0 aliphatic carbocycles. The van der Waals surface area contributed by atoms with Crippen molar-refractivity contribution in [2.45, 2.75) is 53.9 Å². The quantitative estimate of drug-likeness (QED) is 0.568. The van der Waals surface area contributed by atoms with Crippen LogP contribution in [0.15, 0.2) is 61.7 Å². The molecule has 0 fully saturated rings. The number of allylic oxidation sites excluding steroid dienone is 2. The number of benzene rings is 2. The predicted molar refractivity (Wildman–Crippen MR) is 113 cm³/mol. The van der Waals surface area contributed by atoms with E-state index in [1.165, 1.54) is 17.5 Å². The van der Waals surface area contributed by atoms with E-state index in [-0.39, 0.29) is 0 Å². The summed E-state index contributed by atoms with van der Waals surface area (Å²) in [6, 6.07) is 12.0. The van der Waals surface area contributed by atoms with Crippen molar-refractivity contribution in [1.29, 1.82) is 0 Å². The van der Waals surface area contributed by atoms with Gasteiger partial charge in [0.25, 0.3) is 0 Å². The third-order valence-electron chi connectivity index (χ3n) is 3.47. The van der Waals surface area contributed by atoms with E-state index in [1.807, 2.05) is 38.1 Å². The lowest BCUT2D eigenvalue weighted by atomic mass is 9.96. The predicted octanol–water partition coefficient (Wildman–Crippen LogP) is 7.27. The molecule has 0 saturated carbocycles. The van der Waals surface area contributed by atoms with E-state index in [1.54, 1.807) is 6.07 Å². The number of phenolic OH excluding ortho intramolecular Hbond substituents is 1. The van der Waals surface area contributed by atoms with Gasteiger partial charge < -0.3 is 5.11 Å². The van der Waals surface area contributed by atoms with Crippen LogP contribution in [0.1, 0.15) is 50.8 Å². The first-order chi connectivity index (χ1) is 12.1. The summed E-state index contributed by atoms with van der Waals surface area (Å²) >= 11 is 0. The molecular weight excluding hydrogens is 304 g/mol. The molecule has 1 heteroatoms. The second-order valence-electron chi connectivity index (χ2n) is 5.69. The van der Waals surface area contributed by atoms with Crippen LogP contribution in [-0.4, -0.2) is 5.11 Å². The summed E-state index contributed by atoms with van der Waals surface area (Å²) in [7, 11) is 0. The van der Waals surface area contributed by atoms with Crippen LogP contribution >= 0.6 is 0 Å². The average molecular weight is 339 g/mol. The van der Waals surface area contributed by atoms with Gasteiger partial charge in [0.1, 0.15) is 5.75 Å². The van der Waals surface area contributed by atoms with E-state index in [4.69, 9.17) is 0 Å². The van der Waals surface area contributed by atoms with Gasteiger partial charge in [-0.2, -0.15) is 0 Å². The Morgan fingerprint density at radius 3 is 2.08 bits per heavy atom. The Bertz CT molecular complexity index is 653. The van der Waals surface area contributed by atoms with Crippen molar-refractivity contribution in [3.63, 3.8) is 0 Å². The van der Waals surface area contributed by atoms with Gasteiger partial charge in [0, 0.05) is 5.56 Å². The van der Waals surface area contributed by atoms with Crippen molar-refractivity contribution >= 4 is 0 Å². The highest BCUT2D eigenvalue weighted by Gasteiger charge is 2.07. The average Bonchev–Trinajstić information content (AvgIpc) is 2.61. The smallest absolute Gasteiger partial charge is 0.123 e. The Kier molecular flexibility index (Phi) is 11.9. The summed E-state index contributed by atoms with van der Waals surface area (Å²) in [5, 5.41) is 10.1. The van der Waals surface area contributed by atoms with Crippen molar-refractivity contribution < 1.29 is 5.11 Å². The van der Waals surface area contributed by atoms with Gasteiger partial charge in [-0.25, -0.2) is 0 Å². The van der Waals surface area contributed by atoms with Gasteiger partial charge in [-0.1, -0.05) is 70.5 Å². The second kappa shape index (κ2) is 13.1. The van der Waals surface area contributed by atoms with Crippen LogP contribution < -0.4 is 0 Å². The van der Waals surface area contributed by atoms with E-state index in [0.29, 0.717) is 5.75 Å². The normalized spacial score (nSPS) is 9.16. The van der Waals surface area contributed by atoms with Crippen LogP contribution in [0, 0.1) is 6.92 Å². The highest BCUT2D eigenvalue weighted by Crippen LogP contribution is 2.31. The standard InChI is InChI=1S/C19H20O.C3H8.C2H6/c1-4-6-15-9-11-19(20)18(12-15)17-10-8-14(3)16(13-17)7-5-2;1-3-2;1-2/h4-5,8-13,20H,1-2,6-7H2,3H3;3H2,1-2H3;1-2H3. The molecule has 0 radical (unpaired) electrons. The molecule has 0 saturated heterocycles. The molecule has 0 bridgehead atoms. The fourth-order valence-corrected chi connectivity index (χ4v) is 2.32. The van der Waals surface area contributed by atoms with Crippen LogP contribution in [-0.2, 0) is 12.8 Å². The van der Waals surface area contributed by atoms with Crippen LogP contribution in [0.3, 0.4) is 0 Å². The minimum atomic E-state index is 0.311. The maximum Gasteiger partial charge on any atom is 0.123 e. The summed E-state index contributed by atoms with van der Waals surface area (Å²) in [5.41, 5.74) is 5.55. The van der Waals surface area contributed by atoms with Crippen LogP contribution in [0.5, 0.6) is 5.75 Å². The molecule has 0 aromatic heterocycles. The Hall–Kier alpha value is -2.28. The number of rotatable bonds is 5. The zero-order valence-electron chi connectivity index (χ0n) is 16.6. The SMILES string of the molecule is C=CCc1ccc(O)c(-c2ccc(C)c(CC=C)c2)c1.CC.CCC. The van der Waals surface area contributed by atoms with Gasteiger partial charge in [0.2, 0.25) is 0 Å². The first-order valence-corrected chi connectivity index (χ1v) is 9.20. The molecule has 1 N–H and O–H groups in total. The molecule has 1 nitrogen and oxygen atoms in total. The topological polar surface area (TPSA) is 20.2 Å². The van der Waals surface area contributed by atoms with E-state index < -0.39 is 0 Å². The molecule has 0 aliphatic heterocycles. The lowest BCUT2D eigenvalue weighted by Gasteiger charge is -2.10. The van der Waals surface area contributed by atoms with E-state index >= 15 is 0 Å². The minimum absolute atomic E-state index is 0.311. The van der Waals surface area contributed by atoms with E-state index in [2.05, 4.69) is 52.1 Å². The van der Waals surface area contributed by atoms with Gasteiger partial charge in [-0.15, -0.1) is 13.2 Å². The number of aromatic hydroxyl groups is 1. The number of hydrogen-bond donors (Lipinski definition) is 1. The van der Waals surface area contributed by atoms with Crippen LogP contribution in [0.2, 0.25) is 0 Å². The number of hydrogen-bond acceptors (Lipinski definition) is 1. The van der Waals surface area contributed by atoms with Gasteiger partial charge in [0.15, 0.2) is 0 Å². The molecular formula is C24H34O. The van der Waals surface area contributed by atoms with Crippen molar-refractivity contribution in [3.8, 4) is 16.9 Å². The second-order valence-corrected chi connectivity index (χ2v) is 5.69. The number of aryl methyl sites for hydroxylation is 1. The Balaban J connectivity index is 0.00000104. The molecule has 0 atom stereocenters. The fourth-order valence-electron chi connectivity index (χ4n) is 2.32. The minimum Gasteiger partial charge on any atom is -0.507 e. The lowest BCUT2D eigenvalue weighted by molar-refractivity contribution is 0.477. The van der Waals surface area contributed by atoms with Crippen molar-refractivity contribution in [1.82, 2.24) is 0 Å². The highest BCUT2D eigenvalue weighted by molar-refractivity contribution is 5.72. The van der Waals surface area contributed by atoms with E-state index in [0.717, 1.165) is 29.5 Å². The van der Waals surface area contributed by atoms with Crippen LogP contribution in [0.25, 0.3) is 11.1 Å². The molecule has 2 rings (SSSR count).